The van der Waals surface area contributed by atoms with Gasteiger partial charge in [-0.1, -0.05) is 42.5 Å². The number of carbonyl (C=O) groups is 1. The fourth-order valence-corrected chi connectivity index (χ4v) is 4.06. The molecule has 1 atom stereocenters. The van der Waals surface area contributed by atoms with Crippen LogP contribution in [0.15, 0.2) is 84.1 Å². The molecule has 2 heterocycles. The molecule has 7 nitrogen and oxygen atoms in total. The zero-order chi connectivity index (χ0) is 21.8. The van der Waals surface area contributed by atoms with E-state index in [0.29, 0.717) is 18.5 Å². The predicted octanol–water partition coefficient (Wildman–Crippen LogP) is 2.97. The molecule has 0 aliphatic heterocycles. The molecule has 0 radical (unpaired) electrons. The van der Waals surface area contributed by atoms with E-state index in [-0.39, 0.29) is 10.7 Å². The Hall–Kier alpha value is -3.33. The van der Waals surface area contributed by atoms with Crippen LogP contribution in [0.4, 0.5) is 0 Å². The average Bonchev–Trinajstić information content (AvgIpc) is 3.21. The van der Waals surface area contributed by atoms with Gasteiger partial charge in [-0.15, -0.1) is 0 Å². The van der Waals surface area contributed by atoms with Crippen LogP contribution in [0.1, 0.15) is 27.5 Å². The predicted molar refractivity (Wildman–Crippen MR) is 119 cm³/mol. The van der Waals surface area contributed by atoms with Gasteiger partial charge >= 0.3 is 0 Å². The van der Waals surface area contributed by atoms with E-state index in [0.717, 1.165) is 22.0 Å². The van der Waals surface area contributed by atoms with Gasteiger partial charge in [0.2, 0.25) is 10.0 Å². The smallest absolute Gasteiger partial charge is 0.238 e. The number of aromatic nitrogens is 2. The molecule has 0 amide bonds. The number of carbonyl (C=O) groups excluding carboxylic acids is 1. The molecular weight excluding hydrogens is 412 g/mol. The molecule has 0 aliphatic carbocycles. The number of ketones is 1. The Balaban J connectivity index is 1.53. The van der Waals surface area contributed by atoms with Crippen LogP contribution in [0.5, 0.6) is 0 Å². The number of pyridine rings is 1. The molecule has 2 aromatic carbocycles. The average molecular weight is 435 g/mol. The summed E-state index contributed by atoms with van der Waals surface area (Å²) in [6.07, 6.45) is 5.71. The highest BCUT2D eigenvalue weighted by Crippen LogP contribution is 2.24. The summed E-state index contributed by atoms with van der Waals surface area (Å²) < 4.78 is 22.8. The molecule has 0 fully saturated rings. The van der Waals surface area contributed by atoms with Crippen molar-refractivity contribution in [2.24, 2.45) is 5.14 Å². The summed E-state index contributed by atoms with van der Waals surface area (Å²) in [6.45, 7) is 0.532. The number of primary sulfonamides is 1. The third kappa shape index (κ3) is 4.72. The van der Waals surface area contributed by atoms with Crippen molar-refractivity contribution in [2.45, 2.75) is 17.4 Å². The third-order valence-electron chi connectivity index (χ3n) is 5.16. The van der Waals surface area contributed by atoms with Crippen molar-refractivity contribution in [1.29, 1.82) is 0 Å². The minimum atomic E-state index is -3.71. The van der Waals surface area contributed by atoms with Crippen molar-refractivity contribution < 1.29 is 13.2 Å². The number of rotatable bonds is 8. The maximum absolute atomic E-state index is 13.4. The highest BCUT2D eigenvalue weighted by molar-refractivity contribution is 7.89. The van der Waals surface area contributed by atoms with Crippen LogP contribution in [0.2, 0.25) is 0 Å². The summed E-state index contributed by atoms with van der Waals surface area (Å²) in [5.74, 6) is -0.0341. The van der Waals surface area contributed by atoms with Gasteiger partial charge in [-0.3, -0.25) is 9.78 Å². The zero-order valence-electron chi connectivity index (χ0n) is 16.7. The topological polar surface area (TPSA) is 118 Å². The number of aromatic amines is 1. The summed E-state index contributed by atoms with van der Waals surface area (Å²) in [7, 11) is -3.71. The van der Waals surface area contributed by atoms with Crippen LogP contribution in [-0.4, -0.2) is 30.7 Å². The van der Waals surface area contributed by atoms with Crippen molar-refractivity contribution in [2.75, 3.05) is 6.54 Å². The molecule has 1 unspecified atom stereocenters. The number of hydrogen-bond acceptors (Lipinski definition) is 5. The van der Waals surface area contributed by atoms with Crippen LogP contribution >= 0.6 is 0 Å². The van der Waals surface area contributed by atoms with E-state index in [4.69, 9.17) is 5.14 Å². The van der Waals surface area contributed by atoms with E-state index >= 15 is 0 Å². The van der Waals surface area contributed by atoms with Gasteiger partial charge in [0.25, 0.3) is 0 Å². The molecule has 0 spiro atoms. The van der Waals surface area contributed by atoms with Crippen molar-refractivity contribution >= 4 is 26.7 Å². The van der Waals surface area contributed by atoms with Gasteiger partial charge in [-0.05, 0) is 35.7 Å². The number of benzene rings is 2. The Labute approximate surface area is 180 Å². The molecule has 31 heavy (non-hydrogen) atoms. The first-order valence-electron chi connectivity index (χ1n) is 9.79. The molecule has 4 rings (SSSR count). The molecule has 158 valence electrons. The van der Waals surface area contributed by atoms with E-state index in [2.05, 4.69) is 15.3 Å². The van der Waals surface area contributed by atoms with Crippen molar-refractivity contribution in [3.8, 4) is 0 Å². The van der Waals surface area contributed by atoms with Gasteiger partial charge in [-0.2, -0.15) is 0 Å². The SMILES string of the molecule is NS(=O)(=O)c1ccc(CCNC(C(=O)c2c[nH]c3cnccc23)c2ccccc2)cc1. The van der Waals surface area contributed by atoms with E-state index in [1.807, 2.05) is 36.4 Å². The first-order chi connectivity index (χ1) is 14.9. The number of nitrogens with zero attached hydrogens (tertiary/aromatic N) is 1. The molecule has 0 saturated heterocycles. The molecule has 0 aliphatic rings. The zero-order valence-corrected chi connectivity index (χ0v) is 17.5. The molecule has 4 N–H and O–H groups in total. The summed E-state index contributed by atoms with van der Waals surface area (Å²) in [5.41, 5.74) is 3.24. The standard InChI is InChI=1S/C23H22N4O3S/c24-31(29,30)18-8-6-16(7-9-18)10-13-26-22(17-4-2-1-3-5-17)23(28)20-14-27-21-15-25-12-11-19(20)21/h1-9,11-12,14-15,22,26-27H,10,13H2,(H2,24,29,30). The lowest BCUT2D eigenvalue weighted by Crippen LogP contribution is -2.30. The molecule has 0 saturated carbocycles. The highest BCUT2D eigenvalue weighted by Gasteiger charge is 2.24. The minimum absolute atomic E-state index is 0.0341. The first kappa shape index (κ1) is 20.9. The lowest BCUT2D eigenvalue weighted by atomic mass is 9.97. The fourth-order valence-electron chi connectivity index (χ4n) is 3.55. The number of fused-ring (bicyclic) bond motifs is 1. The monoisotopic (exact) mass is 434 g/mol. The second kappa shape index (κ2) is 8.81. The van der Waals surface area contributed by atoms with Crippen LogP contribution in [0.3, 0.4) is 0 Å². The molecule has 8 heteroatoms. The second-order valence-corrected chi connectivity index (χ2v) is 8.79. The molecule has 2 aromatic heterocycles. The summed E-state index contributed by atoms with van der Waals surface area (Å²) in [4.78, 5) is 20.7. The fraction of sp³-hybridized carbons (Fsp3) is 0.130. The summed E-state index contributed by atoms with van der Waals surface area (Å²) in [6, 6.07) is 17.3. The Morgan fingerprint density at radius 2 is 1.81 bits per heavy atom. The number of nitrogens with two attached hydrogens (primary N) is 1. The number of H-pyrrole nitrogens is 1. The summed E-state index contributed by atoms with van der Waals surface area (Å²) in [5, 5.41) is 9.34. The Bertz CT molecular complexity index is 1300. The van der Waals surface area contributed by atoms with Gasteiger partial charge in [-0.25, -0.2) is 13.6 Å². The van der Waals surface area contributed by atoms with Gasteiger partial charge in [0, 0.05) is 29.9 Å². The quantitative estimate of drug-likeness (QED) is 0.369. The maximum atomic E-state index is 13.4. The molecular formula is C23H22N4O3S. The van der Waals surface area contributed by atoms with Crippen LogP contribution in [-0.2, 0) is 16.4 Å². The normalized spacial score (nSPS) is 12.7. The Morgan fingerprint density at radius 1 is 1.06 bits per heavy atom. The largest absolute Gasteiger partial charge is 0.359 e. The lowest BCUT2D eigenvalue weighted by molar-refractivity contribution is 0.0945. The maximum Gasteiger partial charge on any atom is 0.238 e. The van der Waals surface area contributed by atoms with Crippen LogP contribution in [0.25, 0.3) is 10.9 Å². The molecule has 4 aromatic rings. The number of nitrogens with one attached hydrogen (secondary N) is 2. The van der Waals surface area contributed by atoms with Gasteiger partial charge < -0.3 is 10.3 Å². The van der Waals surface area contributed by atoms with Gasteiger partial charge in [0.1, 0.15) is 0 Å². The lowest BCUT2D eigenvalue weighted by Gasteiger charge is -2.18. The van der Waals surface area contributed by atoms with E-state index < -0.39 is 16.1 Å². The van der Waals surface area contributed by atoms with E-state index in [9.17, 15) is 13.2 Å². The van der Waals surface area contributed by atoms with Crippen molar-refractivity contribution in [3.05, 3.63) is 95.9 Å². The Morgan fingerprint density at radius 3 is 2.52 bits per heavy atom. The van der Waals surface area contributed by atoms with E-state index in [1.54, 1.807) is 30.7 Å². The van der Waals surface area contributed by atoms with Gasteiger partial charge in [0.15, 0.2) is 5.78 Å². The van der Waals surface area contributed by atoms with Gasteiger partial charge in [0.05, 0.1) is 22.7 Å². The number of sulfonamides is 1. The highest BCUT2D eigenvalue weighted by atomic mass is 32.2. The van der Waals surface area contributed by atoms with E-state index in [1.165, 1.54) is 12.1 Å². The summed E-state index contributed by atoms with van der Waals surface area (Å²) >= 11 is 0. The first-order valence-corrected chi connectivity index (χ1v) is 11.3. The van der Waals surface area contributed by atoms with Crippen molar-refractivity contribution in [1.82, 2.24) is 15.3 Å². The Kier molecular flexibility index (Phi) is 5.94. The minimum Gasteiger partial charge on any atom is -0.359 e. The number of Topliss-reactive ketones (excluding diaryl/α,β-unsaturated/α-hetero) is 1. The number of hydrogen-bond donors (Lipinski definition) is 3. The third-order valence-corrected chi connectivity index (χ3v) is 6.09. The molecule has 0 bridgehead atoms. The van der Waals surface area contributed by atoms with Crippen LogP contribution < -0.4 is 10.5 Å². The van der Waals surface area contributed by atoms with Crippen LogP contribution in [0, 0.1) is 0 Å². The second-order valence-electron chi connectivity index (χ2n) is 7.22. The van der Waals surface area contributed by atoms with Crippen molar-refractivity contribution in [3.63, 3.8) is 0 Å².